The third-order valence-electron chi connectivity index (χ3n) is 4.58. The number of carbonyl (C=O) groups is 1. The molecule has 0 saturated carbocycles. The molecule has 1 amide bonds. The van der Waals surface area contributed by atoms with Crippen LogP contribution in [-0.4, -0.2) is 21.4 Å². The van der Waals surface area contributed by atoms with Crippen LogP contribution in [0.4, 0.5) is 10.1 Å². The Morgan fingerprint density at radius 1 is 1.23 bits per heavy atom. The number of para-hydroxylation sites is 1. The molecule has 1 aliphatic heterocycles. The highest BCUT2D eigenvalue weighted by Crippen LogP contribution is 2.37. The number of benzene rings is 2. The maximum Gasteiger partial charge on any atom is 0.242 e. The molecule has 2 heterocycles. The fourth-order valence-electron chi connectivity index (χ4n) is 3.21. The molecule has 3 aromatic rings. The van der Waals surface area contributed by atoms with Crippen LogP contribution >= 0.6 is 11.8 Å². The molecule has 26 heavy (non-hydrogen) atoms. The number of rotatable bonds is 3. The number of amides is 1. The zero-order chi connectivity index (χ0) is 18.1. The number of nitrogens with zero attached hydrogens (tertiary/aromatic N) is 2. The molecule has 1 aromatic heterocycles. The molecule has 0 spiro atoms. The van der Waals surface area contributed by atoms with Gasteiger partial charge >= 0.3 is 0 Å². The van der Waals surface area contributed by atoms with Gasteiger partial charge in [0.15, 0.2) is 0 Å². The van der Waals surface area contributed by atoms with E-state index in [9.17, 15) is 9.18 Å². The minimum atomic E-state index is -0.353. The van der Waals surface area contributed by atoms with E-state index in [4.69, 9.17) is 0 Å². The van der Waals surface area contributed by atoms with Crippen molar-refractivity contribution in [2.45, 2.75) is 18.6 Å². The predicted octanol–water partition coefficient (Wildman–Crippen LogP) is 4.29. The number of hydrogen-bond donors (Lipinski definition) is 1. The Bertz CT molecular complexity index is 969. The average Bonchev–Trinajstić information content (AvgIpc) is 3.02. The van der Waals surface area contributed by atoms with Gasteiger partial charge in [-0.15, -0.1) is 11.8 Å². The van der Waals surface area contributed by atoms with Crippen molar-refractivity contribution in [1.29, 1.82) is 0 Å². The molecule has 1 aliphatic rings. The quantitative estimate of drug-likeness (QED) is 0.751. The first-order valence-electron chi connectivity index (χ1n) is 8.45. The minimum Gasteiger partial charge on any atom is -0.322 e. The second-order valence-corrected chi connectivity index (χ2v) is 7.41. The Hall–Kier alpha value is -2.60. The standard InChI is InChI=1S/C20H18FN3OS/c1-13-17(12-22-24(13)18-9-5-4-8-16(18)21)23-20(25)19-15-7-3-2-6-14(15)10-11-26-19/h2-9,12,19H,10-11H2,1H3,(H,23,25). The van der Waals surface area contributed by atoms with Crippen molar-refractivity contribution in [3.63, 3.8) is 0 Å². The Morgan fingerprint density at radius 3 is 2.85 bits per heavy atom. The monoisotopic (exact) mass is 367 g/mol. The molecule has 0 aliphatic carbocycles. The SMILES string of the molecule is Cc1c(NC(=O)C2SCCc3ccccc32)cnn1-c1ccccc1F. The molecular formula is C20H18FN3OS. The summed E-state index contributed by atoms with van der Waals surface area (Å²) in [5, 5.41) is 6.97. The van der Waals surface area contributed by atoms with Crippen molar-refractivity contribution in [3.05, 3.63) is 77.4 Å². The number of anilines is 1. The number of fused-ring (bicyclic) bond motifs is 1. The molecule has 132 valence electrons. The molecule has 0 fully saturated rings. The molecular weight excluding hydrogens is 349 g/mol. The molecule has 1 unspecified atom stereocenters. The van der Waals surface area contributed by atoms with Gasteiger partial charge in [-0.1, -0.05) is 36.4 Å². The van der Waals surface area contributed by atoms with Crippen molar-refractivity contribution in [2.75, 3.05) is 11.1 Å². The van der Waals surface area contributed by atoms with Crippen LogP contribution in [0.5, 0.6) is 0 Å². The summed E-state index contributed by atoms with van der Waals surface area (Å²) in [4.78, 5) is 12.9. The van der Waals surface area contributed by atoms with E-state index in [1.807, 2.05) is 25.1 Å². The van der Waals surface area contributed by atoms with Crippen molar-refractivity contribution in [3.8, 4) is 5.69 Å². The average molecular weight is 367 g/mol. The summed E-state index contributed by atoms with van der Waals surface area (Å²) in [6.45, 7) is 1.82. The van der Waals surface area contributed by atoms with E-state index in [0.717, 1.165) is 17.7 Å². The van der Waals surface area contributed by atoms with E-state index in [-0.39, 0.29) is 17.0 Å². The van der Waals surface area contributed by atoms with Gasteiger partial charge in [0.25, 0.3) is 0 Å². The lowest BCUT2D eigenvalue weighted by Gasteiger charge is -2.24. The number of aromatic nitrogens is 2. The summed E-state index contributed by atoms with van der Waals surface area (Å²) >= 11 is 1.65. The highest BCUT2D eigenvalue weighted by Gasteiger charge is 2.27. The number of halogens is 1. The largest absolute Gasteiger partial charge is 0.322 e. The number of thioether (sulfide) groups is 1. The third kappa shape index (κ3) is 3.01. The van der Waals surface area contributed by atoms with E-state index in [0.29, 0.717) is 17.1 Å². The summed E-state index contributed by atoms with van der Waals surface area (Å²) in [6.07, 6.45) is 2.55. The molecule has 1 atom stereocenters. The van der Waals surface area contributed by atoms with Crippen molar-refractivity contribution >= 4 is 23.4 Å². The maximum atomic E-state index is 14.0. The van der Waals surface area contributed by atoms with Crippen LogP contribution in [0.3, 0.4) is 0 Å². The number of carbonyl (C=O) groups excluding carboxylic acids is 1. The third-order valence-corrected chi connectivity index (χ3v) is 5.82. The van der Waals surface area contributed by atoms with Gasteiger partial charge < -0.3 is 5.32 Å². The Kier molecular flexibility index (Phi) is 4.51. The van der Waals surface area contributed by atoms with Gasteiger partial charge in [-0.05, 0) is 42.4 Å². The van der Waals surface area contributed by atoms with E-state index >= 15 is 0 Å². The first-order chi connectivity index (χ1) is 12.6. The number of aryl methyl sites for hydroxylation is 1. The van der Waals surface area contributed by atoms with Crippen molar-refractivity contribution in [2.24, 2.45) is 0 Å². The van der Waals surface area contributed by atoms with Gasteiger partial charge in [0.05, 0.1) is 17.6 Å². The molecule has 0 saturated heterocycles. The molecule has 4 rings (SSSR count). The normalized spacial score (nSPS) is 16.2. The van der Waals surface area contributed by atoms with E-state index < -0.39 is 0 Å². The summed E-state index contributed by atoms with van der Waals surface area (Å²) in [5.74, 6) is 0.495. The van der Waals surface area contributed by atoms with Crippen molar-refractivity contribution in [1.82, 2.24) is 9.78 Å². The minimum absolute atomic E-state index is 0.0710. The lowest BCUT2D eigenvalue weighted by Crippen LogP contribution is -2.23. The first kappa shape index (κ1) is 16.8. The van der Waals surface area contributed by atoms with Crippen LogP contribution in [0.1, 0.15) is 22.1 Å². The Balaban J connectivity index is 1.59. The zero-order valence-electron chi connectivity index (χ0n) is 14.3. The summed E-state index contributed by atoms with van der Waals surface area (Å²) in [6, 6.07) is 14.5. The molecule has 4 nitrogen and oxygen atoms in total. The second-order valence-electron chi connectivity index (χ2n) is 6.20. The molecule has 2 aromatic carbocycles. The topological polar surface area (TPSA) is 46.9 Å². The Morgan fingerprint density at radius 2 is 2.00 bits per heavy atom. The van der Waals surface area contributed by atoms with Crippen LogP contribution in [0.15, 0.2) is 54.7 Å². The van der Waals surface area contributed by atoms with Crippen LogP contribution < -0.4 is 5.32 Å². The number of nitrogens with one attached hydrogen (secondary N) is 1. The van der Waals surface area contributed by atoms with E-state index in [1.54, 1.807) is 36.2 Å². The zero-order valence-corrected chi connectivity index (χ0v) is 15.1. The van der Waals surface area contributed by atoms with Gasteiger partial charge in [0, 0.05) is 0 Å². The smallest absolute Gasteiger partial charge is 0.242 e. The summed E-state index contributed by atoms with van der Waals surface area (Å²) in [7, 11) is 0. The van der Waals surface area contributed by atoms with Crippen LogP contribution in [0.2, 0.25) is 0 Å². The Labute approximate surface area is 155 Å². The summed E-state index contributed by atoms with van der Waals surface area (Å²) < 4.78 is 15.5. The van der Waals surface area contributed by atoms with Crippen LogP contribution in [0, 0.1) is 12.7 Å². The van der Waals surface area contributed by atoms with Crippen LogP contribution in [0.25, 0.3) is 5.69 Å². The van der Waals surface area contributed by atoms with Crippen LogP contribution in [-0.2, 0) is 11.2 Å². The second kappa shape index (κ2) is 6.96. The molecule has 0 bridgehead atoms. The highest BCUT2D eigenvalue weighted by molar-refractivity contribution is 8.00. The maximum absolute atomic E-state index is 14.0. The van der Waals surface area contributed by atoms with E-state index in [1.165, 1.54) is 16.3 Å². The molecule has 6 heteroatoms. The molecule has 1 N–H and O–H groups in total. The number of hydrogen-bond acceptors (Lipinski definition) is 3. The fourth-order valence-corrected chi connectivity index (χ4v) is 4.40. The van der Waals surface area contributed by atoms with Crippen molar-refractivity contribution < 1.29 is 9.18 Å². The fraction of sp³-hybridized carbons (Fsp3) is 0.200. The predicted molar refractivity (Wildman–Crippen MR) is 102 cm³/mol. The van der Waals surface area contributed by atoms with Gasteiger partial charge in [0.1, 0.15) is 16.8 Å². The first-order valence-corrected chi connectivity index (χ1v) is 9.50. The lowest BCUT2D eigenvalue weighted by molar-refractivity contribution is -0.115. The van der Waals surface area contributed by atoms with Gasteiger partial charge in [-0.2, -0.15) is 5.10 Å². The highest BCUT2D eigenvalue weighted by atomic mass is 32.2. The summed E-state index contributed by atoms with van der Waals surface area (Å²) in [5.41, 5.74) is 3.95. The van der Waals surface area contributed by atoms with Gasteiger partial charge in [-0.25, -0.2) is 9.07 Å². The van der Waals surface area contributed by atoms with E-state index in [2.05, 4.69) is 16.5 Å². The van der Waals surface area contributed by atoms with Gasteiger partial charge in [-0.3, -0.25) is 4.79 Å². The molecule has 0 radical (unpaired) electrons. The van der Waals surface area contributed by atoms with Gasteiger partial charge in [0.2, 0.25) is 5.91 Å². The lowest BCUT2D eigenvalue weighted by atomic mass is 10.0.